The van der Waals surface area contributed by atoms with Crippen molar-refractivity contribution in [1.82, 2.24) is 0 Å². The molecule has 1 aliphatic heterocycles. The number of allylic oxidation sites excluding steroid dienone is 1. The summed E-state index contributed by atoms with van der Waals surface area (Å²) in [4.78, 5) is 1.40. The van der Waals surface area contributed by atoms with E-state index in [0.29, 0.717) is 6.10 Å². The van der Waals surface area contributed by atoms with Crippen molar-refractivity contribution < 1.29 is 4.74 Å². The van der Waals surface area contributed by atoms with E-state index in [4.69, 9.17) is 4.74 Å². The molecule has 3 heteroatoms. The number of hydrogen-bond donors (Lipinski definition) is 1. The van der Waals surface area contributed by atoms with Crippen LogP contribution in [0.2, 0.25) is 0 Å². The van der Waals surface area contributed by atoms with E-state index in [2.05, 4.69) is 35.7 Å². The van der Waals surface area contributed by atoms with Crippen LogP contribution in [-0.4, -0.2) is 17.9 Å². The third kappa shape index (κ3) is 3.95. The molecule has 1 aromatic carbocycles. The minimum absolute atomic E-state index is 0.313. The normalized spacial score (nSPS) is 22.7. The lowest BCUT2D eigenvalue weighted by molar-refractivity contribution is 0.135. The van der Waals surface area contributed by atoms with Crippen molar-refractivity contribution in [2.24, 2.45) is 0 Å². The van der Waals surface area contributed by atoms with Crippen molar-refractivity contribution >= 4 is 17.4 Å². The van der Waals surface area contributed by atoms with Crippen LogP contribution in [0.4, 0.5) is 5.69 Å². The fraction of sp³-hybridized carbons (Fsp3) is 0.529. The van der Waals surface area contributed by atoms with Crippen LogP contribution in [0.25, 0.3) is 0 Å². The maximum atomic E-state index is 5.56. The molecule has 1 aromatic rings. The molecule has 2 nitrogen and oxygen atoms in total. The fourth-order valence-corrected chi connectivity index (χ4v) is 4.06. The van der Waals surface area contributed by atoms with E-state index >= 15 is 0 Å². The highest BCUT2D eigenvalue weighted by molar-refractivity contribution is 8.00. The molecule has 1 unspecified atom stereocenters. The van der Waals surface area contributed by atoms with Gasteiger partial charge in [0.05, 0.1) is 12.8 Å². The Morgan fingerprint density at radius 1 is 1.10 bits per heavy atom. The minimum Gasteiger partial charge on any atom is -0.497 e. The van der Waals surface area contributed by atoms with Crippen LogP contribution in [0.3, 0.4) is 0 Å². The number of hydrogen-bond acceptors (Lipinski definition) is 3. The lowest BCUT2D eigenvalue weighted by atomic mass is 10.1. The molecule has 0 saturated heterocycles. The van der Waals surface area contributed by atoms with Gasteiger partial charge in [-0.15, -0.1) is 11.8 Å². The Balaban J connectivity index is 1.46. The van der Waals surface area contributed by atoms with Gasteiger partial charge >= 0.3 is 0 Å². The molecular formula is C17H23NOS. The molecule has 20 heavy (non-hydrogen) atoms. The summed E-state index contributed by atoms with van der Waals surface area (Å²) < 4.78 is 5.56. The van der Waals surface area contributed by atoms with E-state index in [1.807, 2.05) is 18.0 Å². The summed E-state index contributed by atoms with van der Waals surface area (Å²) in [5.74, 6) is 0. The summed E-state index contributed by atoms with van der Waals surface area (Å²) in [5.41, 5.74) is 1.19. The average Bonchev–Trinajstić information content (AvgIpc) is 3.01. The first-order valence-electron chi connectivity index (χ1n) is 7.71. The topological polar surface area (TPSA) is 21.3 Å². The zero-order valence-corrected chi connectivity index (χ0v) is 12.7. The zero-order chi connectivity index (χ0) is 13.6. The van der Waals surface area contributed by atoms with Crippen molar-refractivity contribution in [2.75, 3.05) is 11.9 Å². The Morgan fingerprint density at radius 3 is 2.60 bits per heavy atom. The SMILES string of the molecule is C1=COC(CNc2ccc(SC3CCCC3)cc2)CC1. The van der Waals surface area contributed by atoms with Crippen molar-refractivity contribution in [3.63, 3.8) is 0 Å². The standard InChI is InChI=1S/C17H23NOS/c1-2-7-16(6-1)20-17-10-8-14(9-11-17)18-13-15-5-3-4-12-19-15/h4,8-12,15-16,18H,1-3,5-7,13H2. The molecular weight excluding hydrogens is 266 g/mol. The van der Waals surface area contributed by atoms with Crippen LogP contribution in [-0.2, 0) is 4.74 Å². The van der Waals surface area contributed by atoms with Gasteiger partial charge in [0.1, 0.15) is 6.10 Å². The molecule has 0 amide bonds. The first-order valence-corrected chi connectivity index (χ1v) is 8.59. The Hall–Kier alpha value is -1.09. The zero-order valence-electron chi connectivity index (χ0n) is 11.9. The Kier molecular flexibility index (Phi) is 4.91. The van der Waals surface area contributed by atoms with E-state index in [-0.39, 0.29) is 0 Å². The van der Waals surface area contributed by atoms with Gasteiger partial charge in [-0.25, -0.2) is 0 Å². The van der Waals surface area contributed by atoms with Gasteiger partial charge in [-0.1, -0.05) is 12.8 Å². The molecule has 3 rings (SSSR count). The van der Waals surface area contributed by atoms with Gasteiger partial charge in [-0.2, -0.15) is 0 Å². The molecule has 1 fully saturated rings. The van der Waals surface area contributed by atoms with Crippen LogP contribution in [0.15, 0.2) is 41.5 Å². The van der Waals surface area contributed by atoms with Gasteiger partial charge in [-0.3, -0.25) is 0 Å². The third-order valence-corrected chi connectivity index (χ3v) is 5.36. The van der Waals surface area contributed by atoms with E-state index in [1.165, 1.54) is 36.3 Å². The summed E-state index contributed by atoms with van der Waals surface area (Å²) in [7, 11) is 0. The molecule has 1 saturated carbocycles. The first-order chi connectivity index (χ1) is 9.90. The number of benzene rings is 1. The molecule has 0 aromatic heterocycles. The van der Waals surface area contributed by atoms with Crippen LogP contribution in [0.5, 0.6) is 0 Å². The van der Waals surface area contributed by atoms with Crippen molar-refractivity contribution in [2.45, 2.75) is 54.8 Å². The van der Waals surface area contributed by atoms with Gasteiger partial charge in [0.2, 0.25) is 0 Å². The van der Waals surface area contributed by atoms with Crippen LogP contribution < -0.4 is 5.32 Å². The summed E-state index contributed by atoms with van der Waals surface area (Å²) in [6.07, 6.45) is 12.1. The monoisotopic (exact) mass is 289 g/mol. The minimum atomic E-state index is 0.313. The molecule has 0 bridgehead atoms. The van der Waals surface area contributed by atoms with Gasteiger partial charge in [0, 0.05) is 15.8 Å². The molecule has 1 N–H and O–H groups in total. The van der Waals surface area contributed by atoms with Crippen LogP contribution >= 0.6 is 11.8 Å². The number of ether oxygens (including phenoxy) is 1. The van der Waals surface area contributed by atoms with E-state index in [9.17, 15) is 0 Å². The van der Waals surface area contributed by atoms with E-state index < -0.39 is 0 Å². The predicted molar refractivity (Wildman–Crippen MR) is 86.3 cm³/mol. The smallest absolute Gasteiger partial charge is 0.115 e. The Bertz CT molecular complexity index is 437. The van der Waals surface area contributed by atoms with E-state index in [1.54, 1.807) is 0 Å². The molecule has 0 radical (unpaired) electrons. The number of anilines is 1. The molecule has 2 aliphatic rings. The van der Waals surface area contributed by atoms with E-state index in [0.717, 1.165) is 24.6 Å². The lowest BCUT2D eigenvalue weighted by Gasteiger charge is -2.20. The number of nitrogens with one attached hydrogen (secondary N) is 1. The average molecular weight is 289 g/mol. The molecule has 108 valence electrons. The van der Waals surface area contributed by atoms with Gasteiger partial charge in [0.15, 0.2) is 0 Å². The quantitative estimate of drug-likeness (QED) is 0.839. The van der Waals surface area contributed by atoms with Gasteiger partial charge in [0.25, 0.3) is 0 Å². The Labute approximate surface area is 126 Å². The van der Waals surface area contributed by atoms with Gasteiger partial charge < -0.3 is 10.1 Å². The van der Waals surface area contributed by atoms with Crippen LogP contribution in [0.1, 0.15) is 38.5 Å². The number of rotatable bonds is 5. The largest absolute Gasteiger partial charge is 0.497 e. The third-order valence-electron chi connectivity index (χ3n) is 4.02. The van der Waals surface area contributed by atoms with Crippen LogP contribution in [0, 0.1) is 0 Å². The lowest BCUT2D eigenvalue weighted by Crippen LogP contribution is -2.22. The van der Waals surface area contributed by atoms with Gasteiger partial charge in [-0.05, 0) is 56.0 Å². The Morgan fingerprint density at radius 2 is 1.90 bits per heavy atom. The molecule has 1 heterocycles. The maximum absolute atomic E-state index is 5.56. The fourth-order valence-electron chi connectivity index (χ4n) is 2.82. The molecule has 1 atom stereocenters. The maximum Gasteiger partial charge on any atom is 0.115 e. The molecule has 1 aliphatic carbocycles. The second kappa shape index (κ2) is 7.07. The van der Waals surface area contributed by atoms with Crippen molar-refractivity contribution in [3.8, 4) is 0 Å². The second-order valence-corrected chi connectivity index (χ2v) is 7.01. The highest BCUT2D eigenvalue weighted by Crippen LogP contribution is 2.34. The summed E-state index contributed by atoms with van der Waals surface area (Å²) in [6.45, 7) is 0.888. The van der Waals surface area contributed by atoms with Crippen molar-refractivity contribution in [1.29, 1.82) is 0 Å². The molecule has 0 spiro atoms. The van der Waals surface area contributed by atoms with Crippen molar-refractivity contribution in [3.05, 3.63) is 36.6 Å². The highest BCUT2D eigenvalue weighted by atomic mass is 32.2. The second-order valence-electron chi connectivity index (χ2n) is 5.64. The summed E-state index contributed by atoms with van der Waals surface area (Å²) >= 11 is 2.04. The first kappa shape index (κ1) is 13.9. The number of thioether (sulfide) groups is 1. The summed E-state index contributed by atoms with van der Waals surface area (Å²) in [5, 5.41) is 4.31. The summed E-state index contributed by atoms with van der Waals surface area (Å²) in [6, 6.07) is 8.87. The predicted octanol–water partition coefficient (Wildman–Crippen LogP) is 4.83. The highest BCUT2D eigenvalue weighted by Gasteiger charge is 2.16.